The van der Waals surface area contributed by atoms with Crippen LogP contribution in [0.1, 0.15) is 11.6 Å². The predicted molar refractivity (Wildman–Crippen MR) is 86.3 cm³/mol. The van der Waals surface area contributed by atoms with Crippen LogP contribution < -0.4 is 10.6 Å². The molecule has 21 heavy (non-hydrogen) atoms. The minimum Gasteiger partial charge on any atom is -0.369 e. The zero-order chi connectivity index (χ0) is 14.7. The van der Waals surface area contributed by atoms with Crippen LogP contribution in [0.5, 0.6) is 0 Å². The first-order chi connectivity index (χ1) is 10.3. The maximum atomic E-state index is 13.0. The quantitative estimate of drug-likeness (QED) is 0.942. The lowest BCUT2D eigenvalue weighted by Crippen LogP contribution is -2.49. The first-order valence-electron chi connectivity index (χ1n) is 7.24. The molecule has 2 aromatic rings. The molecule has 1 aromatic carbocycles. The van der Waals surface area contributed by atoms with Crippen LogP contribution in [0.25, 0.3) is 0 Å². The molecule has 2 N–H and O–H groups in total. The van der Waals surface area contributed by atoms with E-state index in [2.05, 4.69) is 26.6 Å². The van der Waals surface area contributed by atoms with Crippen molar-refractivity contribution in [3.8, 4) is 0 Å². The number of halogens is 1. The van der Waals surface area contributed by atoms with E-state index in [-0.39, 0.29) is 5.82 Å². The van der Waals surface area contributed by atoms with Gasteiger partial charge in [0.15, 0.2) is 0 Å². The molecule has 1 saturated heterocycles. The van der Waals surface area contributed by atoms with Gasteiger partial charge < -0.3 is 10.6 Å². The summed E-state index contributed by atoms with van der Waals surface area (Å²) in [5.41, 5.74) is 8.38. The first kappa shape index (κ1) is 14.5. The molecule has 5 heteroatoms. The van der Waals surface area contributed by atoms with Crippen LogP contribution in [0.15, 0.2) is 41.1 Å². The number of piperazine rings is 1. The van der Waals surface area contributed by atoms with Gasteiger partial charge in [0, 0.05) is 44.5 Å². The maximum Gasteiger partial charge on any atom is 0.123 e. The van der Waals surface area contributed by atoms with Crippen molar-refractivity contribution in [3.05, 3.63) is 52.5 Å². The van der Waals surface area contributed by atoms with Crippen molar-refractivity contribution in [1.29, 1.82) is 0 Å². The molecule has 0 amide bonds. The van der Waals surface area contributed by atoms with Gasteiger partial charge in [-0.1, -0.05) is 0 Å². The Morgan fingerprint density at radius 1 is 1.10 bits per heavy atom. The van der Waals surface area contributed by atoms with Crippen LogP contribution in [0.4, 0.5) is 10.1 Å². The Morgan fingerprint density at radius 2 is 1.81 bits per heavy atom. The lowest BCUT2D eigenvalue weighted by atomic mass is 10.1. The molecule has 1 aliphatic heterocycles. The molecule has 112 valence electrons. The SMILES string of the molecule is NCC(c1ccsc1)N1CCN(c2ccc(F)cc2)CC1. The molecule has 3 rings (SSSR count). The number of rotatable bonds is 4. The van der Waals surface area contributed by atoms with Gasteiger partial charge in [0.25, 0.3) is 0 Å². The molecular weight excluding hydrogens is 285 g/mol. The first-order valence-corrected chi connectivity index (χ1v) is 8.19. The number of thiophene rings is 1. The summed E-state index contributed by atoms with van der Waals surface area (Å²) in [6, 6.07) is 9.22. The van der Waals surface area contributed by atoms with Crippen LogP contribution in [0.2, 0.25) is 0 Å². The lowest BCUT2D eigenvalue weighted by Gasteiger charge is -2.39. The van der Waals surface area contributed by atoms with Crippen molar-refractivity contribution < 1.29 is 4.39 Å². The standard InChI is InChI=1S/C16H20FN3S/c17-14-1-3-15(4-2-14)19-6-8-20(9-7-19)16(11-18)13-5-10-21-12-13/h1-5,10,12,16H,6-9,11,18H2. The van der Waals surface area contributed by atoms with Gasteiger partial charge in [0.1, 0.15) is 5.82 Å². The molecule has 2 heterocycles. The normalized spacial score (nSPS) is 17.9. The van der Waals surface area contributed by atoms with Gasteiger partial charge in [-0.2, -0.15) is 11.3 Å². The molecule has 3 nitrogen and oxygen atoms in total. The maximum absolute atomic E-state index is 13.0. The molecular formula is C16H20FN3S. The van der Waals surface area contributed by atoms with E-state index in [0.717, 1.165) is 31.9 Å². The molecule has 1 aliphatic rings. The molecule has 0 spiro atoms. The van der Waals surface area contributed by atoms with Crippen molar-refractivity contribution >= 4 is 17.0 Å². The summed E-state index contributed by atoms with van der Waals surface area (Å²) < 4.78 is 13.0. The highest BCUT2D eigenvalue weighted by Crippen LogP contribution is 2.25. The van der Waals surface area contributed by atoms with Crippen molar-refractivity contribution in [2.45, 2.75) is 6.04 Å². The Morgan fingerprint density at radius 3 is 2.38 bits per heavy atom. The summed E-state index contributed by atoms with van der Waals surface area (Å²) in [4.78, 5) is 4.75. The molecule has 0 bridgehead atoms. The van der Waals surface area contributed by atoms with Gasteiger partial charge in [-0.25, -0.2) is 4.39 Å². The number of hydrogen-bond acceptors (Lipinski definition) is 4. The Balaban J connectivity index is 1.63. The van der Waals surface area contributed by atoms with Gasteiger partial charge in [0.2, 0.25) is 0 Å². The second-order valence-electron chi connectivity index (χ2n) is 5.31. The molecule has 1 fully saturated rings. The molecule has 1 atom stereocenters. The van der Waals surface area contributed by atoms with E-state index < -0.39 is 0 Å². The topological polar surface area (TPSA) is 32.5 Å². The van der Waals surface area contributed by atoms with Crippen LogP contribution in [0.3, 0.4) is 0 Å². The van der Waals surface area contributed by atoms with Crippen LogP contribution in [-0.2, 0) is 0 Å². The molecule has 1 unspecified atom stereocenters. The third-order valence-corrected chi connectivity index (χ3v) is 4.80. The van der Waals surface area contributed by atoms with Crippen molar-refractivity contribution in [2.24, 2.45) is 5.73 Å². The number of anilines is 1. The van der Waals surface area contributed by atoms with Gasteiger partial charge in [-0.05, 0) is 46.7 Å². The number of nitrogens with two attached hydrogens (primary N) is 1. The zero-order valence-electron chi connectivity index (χ0n) is 11.9. The van der Waals surface area contributed by atoms with Gasteiger partial charge >= 0.3 is 0 Å². The van der Waals surface area contributed by atoms with Crippen molar-refractivity contribution in [2.75, 3.05) is 37.6 Å². The van der Waals surface area contributed by atoms with E-state index in [0.29, 0.717) is 12.6 Å². The highest BCUT2D eigenvalue weighted by atomic mass is 32.1. The van der Waals surface area contributed by atoms with Gasteiger partial charge in [-0.15, -0.1) is 0 Å². The summed E-state index contributed by atoms with van der Waals surface area (Å²) in [5.74, 6) is -0.182. The van der Waals surface area contributed by atoms with E-state index in [1.807, 2.05) is 12.1 Å². The number of benzene rings is 1. The van der Waals surface area contributed by atoms with Gasteiger partial charge in [0.05, 0.1) is 0 Å². The Labute approximate surface area is 128 Å². The Kier molecular flexibility index (Phi) is 4.53. The van der Waals surface area contributed by atoms with Crippen molar-refractivity contribution in [1.82, 2.24) is 4.90 Å². The molecule has 0 radical (unpaired) electrons. The van der Waals surface area contributed by atoms with Crippen LogP contribution in [-0.4, -0.2) is 37.6 Å². The summed E-state index contributed by atoms with van der Waals surface area (Å²) in [6.45, 7) is 4.51. The fraction of sp³-hybridized carbons (Fsp3) is 0.375. The zero-order valence-corrected chi connectivity index (χ0v) is 12.7. The number of hydrogen-bond donors (Lipinski definition) is 1. The monoisotopic (exact) mass is 305 g/mol. The average molecular weight is 305 g/mol. The van der Waals surface area contributed by atoms with E-state index >= 15 is 0 Å². The Bertz CT molecular complexity index is 547. The fourth-order valence-corrected chi connectivity index (χ4v) is 3.61. The van der Waals surface area contributed by atoms with E-state index in [1.54, 1.807) is 11.3 Å². The summed E-state index contributed by atoms with van der Waals surface area (Å²) in [7, 11) is 0. The van der Waals surface area contributed by atoms with E-state index in [9.17, 15) is 4.39 Å². The van der Waals surface area contributed by atoms with Crippen LogP contribution >= 0.6 is 11.3 Å². The van der Waals surface area contributed by atoms with E-state index in [1.165, 1.54) is 17.7 Å². The predicted octanol–water partition coefficient (Wildman–Crippen LogP) is 2.71. The molecule has 0 saturated carbocycles. The molecule has 1 aromatic heterocycles. The minimum atomic E-state index is -0.182. The summed E-state index contributed by atoms with van der Waals surface area (Å²) in [5, 5.41) is 4.29. The second-order valence-corrected chi connectivity index (χ2v) is 6.09. The second kappa shape index (κ2) is 6.56. The highest BCUT2D eigenvalue weighted by Gasteiger charge is 2.24. The van der Waals surface area contributed by atoms with E-state index in [4.69, 9.17) is 5.73 Å². The van der Waals surface area contributed by atoms with Crippen molar-refractivity contribution in [3.63, 3.8) is 0 Å². The minimum absolute atomic E-state index is 0.182. The lowest BCUT2D eigenvalue weighted by molar-refractivity contribution is 0.190. The third kappa shape index (κ3) is 3.26. The summed E-state index contributed by atoms with van der Waals surface area (Å²) >= 11 is 1.72. The van der Waals surface area contributed by atoms with Crippen LogP contribution in [0, 0.1) is 5.82 Å². The fourth-order valence-electron chi connectivity index (χ4n) is 2.90. The largest absolute Gasteiger partial charge is 0.369 e. The molecule has 0 aliphatic carbocycles. The average Bonchev–Trinajstić information content (AvgIpc) is 3.04. The summed E-state index contributed by atoms with van der Waals surface area (Å²) in [6.07, 6.45) is 0. The number of nitrogens with zero attached hydrogens (tertiary/aromatic N) is 2. The highest BCUT2D eigenvalue weighted by molar-refractivity contribution is 7.07. The Hall–Kier alpha value is -1.43. The van der Waals surface area contributed by atoms with Gasteiger partial charge in [-0.3, -0.25) is 4.90 Å². The smallest absolute Gasteiger partial charge is 0.123 e. The third-order valence-electron chi connectivity index (χ3n) is 4.10.